The maximum absolute atomic E-state index is 12.8. The Hall–Kier alpha value is -2.05. The van der Waals surface area contributed by atoms with Crippen LogP contribution in [-0.4, -0.2) is 54.4 Å². The van der Waals surface area contributed by atoms with Crippen LogP contribution in [0.2, 0.25) is 5.02 Å². The summed E-state index contributed by atoms with van der Waals surface area (Å²) < 4.78 is 5.65. The second kappa shape index (κ2) is 8.56. The molecule has 5 nitrogen and oxygen atoms in total. The van der Waals surface area contributed by atoms with Crippen LogP contribution < -0.4 is 4.74 Å². The number of hydrogen-bond acceptors (Lipinski definition) is 4. The summed E-state index contributed by atoms with van der Waals surface area (Å²) in [6.45, 7) is 1.47. The number of rotatable bonds is 6. The van der Waals surface area contributed by atoms with Crippen LogP contribution in [0.4, 0.5) is 0 Å². The number of likely N-dealkylation sites (tertiary alicyclic amines) is 1. The lowest BCUT2D eigenvalue weighted by atomic mass is 10.2. The molecule has 0 N–H and O–H groups in total. The molecule has 2 aromatic rings. The number of hydrogen-bond donors (Lipinski definition) is 0. The summed E-state index contributed by atoms with van der Waals surface area (Å²) in [5, 5.41) is 2.53. The van der Waals surface area contributed by atoms with E-state index in [0.717, 1.165) is 6.42 Å². The van der Waals surface area contributed by atoms with Crippen LogP contribution in [-0.2, 0) is 4.79 Å². The summed E-state index contributed by atoms with van der Waals surface area (Å²) in [6.07, 6.45) is 1.56. The van der Waals surface area contributed by atoms with E-state index in [4.69, 9.17) is 16.3 Å². The van der Waals surface area contributed by atoms with Crippen LogP contribution in [0.1, 0.15) is 22.5 Å². The topological polar surface area (TPSA) is 49.9 Å². The van der Waals surface area contributed by atoms with Crippen molar-refractivity contribution >= 4 is 34.8 Å². The number of carbonyl (C=O) groups excluding carboxylic acids is 2. The zero-order chi connectivity index (χ0) is 18.5. The smallest absolute Gasteiger partial charge is 0.264 e. The van der Waals surface area contributed by atoms with Gasteiger partial charge < -0.3 is 14.5 Å². The van der Waals surface area contributed by atoms with E-state index in [0.29, 0.717) is 41.8 Å². The number of likely N-dealkylation sites (N-methyl/N-ethyl adjacent to an activating group) is 1. The van der Waals surface area contributed by atoms with Crippen molar-refractivity contribution in [2.24, 2.45) is 0 Å². The van der Waals surface area contributed by atoms with Crippen molar-refractivity contribution in [2.45, 2.75) is 18.9 Å². The van der Waals surface area contributed by atoms with Crippen LogP contribution in [0.15, 0.2) is 41.8 Å². The highest BCUT2D eigenvalue weighted by molar-refractivity contribution is 7.12. The normalized spacial score (nSPS) is 16.5. The van der Waals surface area contributed by atoms with E-state index < -0.39 is 0 Å². The maximum atomic E-state index is 12.8. The molecule has 2 heterocycles. The molecule has 2 amide bonds. The number of halogens is 1. The van der Waals surface area contributed by atoms with E-state index in [-0.39, 0.29) is 17.9 Å². The lowest BCUT2D eigenvalue weighted by molar-refractivity contribution is -0.134. The summed E-state index contributed by atoms with van der Waals surface area (Å²) in [4.78, 5) is 29.4. The first kappa shape index (κ1) is 18.7. The molecule has 0 unspecified atom stereocenters. The van der Waals surface area contributed by atoms with Gasteiger partial charge in [0.05, 0.1) is 11.4 Å². The summed E-state index contributed by atoms with van der Waals surface area (Å²) in [7, 11) is 1.75. The predicted octanol–water partition coefficient (Wildman–Crippen LogP) is 3.54. The first-order valence-corrected chi connectivity index (χ1v) is 9.80. The SMILES string of the molecule is CN(CCOc1ccc(Cl)cc1)C(=O)[C@@H]1CCCN1C(=O)c1cccs1. The molecule has 138 valence electrons. The van der Waals surface area contributed by atoms with Gasteiger partial charge in [0.25, 0.3) is 5.91 Å². The van der Waals surface area contributed by atoms with Gasteiger partial charge in [0.15, 0.2) is 0 Å². The highest BCUT2D eigenvalue weighted by Crippen LogP contribution is 2.23. The Balaban J connectivity index is 1.53. The van der Waals surface area contributed by atoms with Crippen molar-refractivity contribution in [1.29, 1.82) is 0 Å². The number of ether oxygens (including phenoxy) is 1. The number of thiophene rings is 1. The van der Waals surface area contributed by atoms with Gasteiger partial charge in [0.2, 0.25) is 5.91 Å². The molecule has 0 aliphatic carbocycles. The van der Waals surface area contributed by atoms with E-state index in [9.17, 15) is 9.59 Å². The van der Waals surface area contributed by atoms with Crippen molar-refractivity contribution in [1.82, 2.24) is 9.80 Å². The summed E-state index contributed by atoms with van der Waals surface area (Å²) in [5.41, 5.74) is 0. The van der Waals surface area contributed by atoms with Gasteiger partial charge in [0.1, 0.15) is 18.4 Å². The predicted molar refractivity (Wildman–Crippen MR) is 103 cm³/mol. The Labute approximate surface area is 162 Å². The van der Waals surface area contributed by atoms with E-state index in [1.165, 1.54) is 11.3 Å². The number of nitrogens with zero attached hydrogens (tertiary/aromatic N) is 2. The van der Waals surface area contributed by atoms with Gasteiger partial charge in [0, 0.05) is 18.6 Å². The van der Waals surface area contributed by atoms with Crippen molar-refractivity contribution in [3.8, 4) is 5.75 Å². The molecular formula is C19H21ClN2O3S. The van der Waals surface area contributed by atoms with Gasteiger partial charge in [-0.05, 0) is 48.6 Å². The second-order valence-electron chi connectivity index (χ2n) is 6.20. The zero-order valence-electron chi connectivity index (χ0n) is 14.6. The molecule has 1 aromatic carbocycles. The van der Waals surface area contributed by atoms with Crippen LogP contribution in [0, 0.1) is 0 Å². The molecule has 1 fully saturated rings. The lowest BCUT2D eigenvalue weighted by Gasteiger charge is -2.27. The third-order valence-corrected chi connectivity index (χ3v) is 5.53. The Morgan fingerprint density at radius 2 is 2.08 bits per heavy atom. The third kappa shape index (κ3) is 4.37. The fourth-order valence-corrected chi connectivity index (χ4v) is 3.81. The molecule has 1 aliphatic heterocycles. The van der Waals surface area contributed by atoms with Crippen LogP contribution in [0.25, 0.3) is 0 Å². The molecule has 1 aromatic heterocycles. The van der Waals surface area contributed by atoms with Crippen molar-refractivity contribution in [3.63, 3.8) is 0 Å². The molecule has 0 saturated carbocycles. The average molecular weight is 393 g/mol. The molecule has 0 radical (unpaired) electrons. The Morgan fingerprint density at radius 1 is 1.31 bits per heavy atom. The van der Waals surface area contributed by atoms with E-state index in [1.807, 2.05) is 11.4 Å². The molecule has 1 saturated heterocycles. The van der Waals surface area contributed by atoms with Gasteiger partial charge >= 0.3 is 0 Å². The average Bonchev–Trinajstić information content (AvgIpc) is 3.34. The number of amides is 2. The van der Waals surface area contributed by atoms with Gasteiger partial charge in [-0.2, -0.15) is 0 Å². The van der Waals surface area contributed by atoms with E-state index in [1.54, 1.807) is 47.2 Å². The largest absolute Gasteiger partial charge is 0.492 e. The minimum Gasteiger partial charge on any atom is -0.492 e. The van der Waals surface area contributed by atoms with Gasteiger partial charge in [-0.3, -0.25) is 9.59 Å². The number of benzene rings is 1. The molecular weight excluding hydrogens is 372 g/mol. The first-order chi connectivity index (χ1) is 12.6. The molecule has 7 heteroatoms. The van der Waals surface area contributed by atoms with Crippen molar-refractivity contribution < 1.29 is 14.3 Å². The van der Waals surface area contributed by atoms with Gasteiger partial charge in [-0.25, -0.2) is 0 Å². The fraction of sp³-hybridized carbons (Fsp3) is 0.368. The summed E-state index contributed by atoms with van der Waals surface area (Å²) in [6, 6.07) is 10.4. The Bertz CT molecular complexity index is 749. The first-order valence-electron chi connectivity index (χ1n) is 8.54. The van der Waals surface area contributed by atoms with Crippen molar-refractivity contribution in [3.05, 3.63) is 51.7 Å². The third-order valence-electron chi connectivity index (χ3n) is 4.42. The van der Waals surface area contributed by atoms with Crippen LogP contribution >= 0.6 is 22.9 Å². The minimum absolute atomic E-state index is 0.0351. The van der Waals surface area contributed by atoms with Gasteiger partial charge in [-0.1, -0.05) is 17.7 Å². The highest BCUT2D eigenvalue weighted by Gasteiger charge is 2.36. The van der Waals surface area contributed by atoms with Gasteiger partial charge in [-0.15, -0.1) is 11.3 Å². The standard InChI is InChI=1S/C19H21ClN2O3S/c1-21(11-12-25-15-8-6-14(20)7-9-15)18(23)16-4-2-10-22(16)19(24)17-5-3-13-26-17/h3,5-9,13,16H,2,4,10-12H2,1H3/t16-/m0/s1. The Morgan fingerprint density at radius 3 is 2.77 bits per heavy atom. The van der Waals surface area contributed by atoms with Crippen LogP contribution in [0.5, 0.6) is 5.75 Å². The quantitative estimate of drug-likeness (QED) is 0.755. The highest BCUT2D eigenvalue weighted by atomic mass is 35.5. The maximum Gasteiger partial charge on any atom is 0.264 e. The Kier molecular flexibility index (Phi) is 6.16. The second-order valence-corrected chi connectivity index (χ2v) is 7.58. The minimum atomic E-state index is -0.384. The molecule has 1 aliphatic rings. The molecule has 0 spiro atoms. The molecule has 26 heavy (non-hydrogen) atoms. The van der Waals surface area contributed by atoms with E-state index in [2.05, 4.69) is 0 Å². The van der Waals surface area contributed by atoms with Crippen molar-refractivity contribution in [2.75, 3.05) is 26.7 Å². The molecule has 0 bridgehead atoms. The summed E-state index contributed by atoms with van der Waals surface area (Å²) in [5.74, 6) is 0.624. The van der Waals surface area contributed by atoms with Crippen LogP contribution in [0.3, 0.4) is 0 Å². The fourth-order valence-electron chi connectivity index (χ4n) is 3.00. The lowest BCUT2D eigenvalue weighted by Crippen LogP contribution is -2.47. The molecule has 1 atom stereocenters. The number of carbonyl (C=O) groups is 2. The summed E-state index contributed by atoms with van der Waals surface area (Å²) >= 11 is 7.25. The monoisotopic (exact) mass is 392 g/mol. The van der Waals surface area contributed by atoms with E-state index >= 15 is 0 Å². The zero-order valence-corrected chi connectivity index (χ0v) is 16.1. The molecule has 3 rings (SSSR count).